The van der Waals surface area contributed by atoms with Gasteiger partial charge in [-0.15, -0.1) is 11.3 Å². The molecular weight excluding hydrogens is 436 g/mol. The Labute approximate surface area is 195 Å². The summed E-state index contributed by atoms with van der Waals surface area (Å²) in [5, 5.41) is 3.88. The van der Waals surface area contributed by atoms with Crippen LogP contribution in [0.3, 0.4) is 0 Å². The van der Waals surface area contributed by atoms with Gasteiger partial charge in [-0.3, -0.25) is 9.59 Å². The Morgan fingerprint density at radius 1 is 1.06 bits per heavy atom. The number of hydrogen-bond donors (Lipinski definition) is 1. The third-order valence-electron chi connectivity index (χ3n) is 4.89. The van der Waals surface area contributed by atoms with E-state index in [2.05, 4.69) is 9.97 Å². The Morgan fingerprint density at radius 3 is 2.70 bits per heavy atom. The molecule has 0 fully saturated rings. The minimum Gasteiger partial charge on any atom is -0.496 e. The van der Waals surface area contributed by atoms with Crippen LogP contribution in [0.15, 0.2) is 72.4 Å². The fourth-order valence-electron chi connectivity index (χ4n) is 3.22. The van der Waals surface area contributed by atoms with E-state index in [0.717, 1.165) is 27.0 Å². The molecule has 0 atom stereocenters. The van der Waals surface area contributed by atoms with Crippen molar-refractivity contribution < 1.29 is 19.1 Å². The van der Waals surface area contributed by atoms with Crippen LogP contribution >= 0.6 is 11.3 Å². The lowest BCUT2D eigenvalue weighted by Gasteiger charge is -2.09. The number of fused-ring (bicyclic) bond motifs is 1. The van der Waals surface area contributed by atoms with Crippen LogP contribution in [0.5, 0.6) is 11.5 Å². The summed E-state index contributed by atoms with van der Waals surface area (Å²) in [6.45, 7) is 0.378. The maximum atomic E-state index is 12.3. The van der Waals surface area contributed by atoms with Crippen LogP contribution in [-0.4, -0.2) is 28.6 Å². The summed E-state index contributed by atoms with van der Waals surface area (Å²) in [4.78, 5) is 31.8. The molecule has 2 heterocycles. The molecule has 0 aliphatic carbocycles. The molecule has 6 nitrogen and oxygen atoms in total. The molecule has 2 aromatic heterocycles. The molecule has 1 N–H and O–H groups in total. The van der Waals surface area contributed by atoms with Crippen molar-refractivity contribution in [2.75, 3.05) is 7.11 Å². The Bertz CT molecular complexity index is 1320. The molecule has 166 valence electrons. The van der Waals surface area contributed by atoms with E-state index in [1.165, 1.54) is 23.5 Å². The summed E-state index contributed by atoms with van der Waals surface area (Å²) in [5.74, 6) is 0.676. The molecule has 0 bridgehead atoms. The van der Waals surface area contributed by atoms with E-state index in [1.54, 1.807) is 43.7 Å². The largest absolute Gasteiger partial charge is 0.496 e. The molecule has 2 aromatic carbocycles. The van der Waals surface area contributed by atoms with E-state index in [9.17, 15) is 9.59 Å². The maximum absolute atomic E-state index is 12.3. The molecule has 33 heavy (non-hydrogen) atoms. The second-order valence-corrected chi connectivity index (χ2v) is 8.20. The van der Waals surface area contributed by atoms with E-state index >= 15 is 0 Å². The predicted molar refractivity (Wildman–Crippen MR) is 130 cm³/mol. The minimum absolute atomic E-state index is 0.199. The van der Waals surface area contributed by atoms with Crippen molar-refractivity contribution in [1.82, 2.24) is 9.97 Å². The molecule has 4 aromatic rings. The first-order valence-corrected chi connectivity index (χ1v) is 11.2. The van der Waals surface area contributed by atoms with Gasteiger partial charge in [-0.05, 0) is 53.4 Å². The number of methoxy groups -OCH3 is 1. The summed E-state index contributed by atoms with van der Waals surface area (Å²) < 4.78 is 11.1. The lowest BCUT2D eigenvalue weighted by molar-refractivity contribution is -0.121. The van der Waals surface area contributed by atoms with E-state index in [1.807, 2.05) is 35.8 Å². The Hall–Kier alpha value is -3.97. The maximum Gasteiger partial charge on any atom is 0.163 e. The number of aromatic nitrogens is 2. The number of carbonyl (C=O) groups is 2. The summed E-state index contributed by atoms with van der Waals surface area (Å²) in [7, 11) is 1.55. The second kappa shape index (κ2) is 10.6. The van der Waals surface area contributed by atoms with Crippen LogP contribution in [0, 0.1) is 0 Å². The van der Waals surface area contributed by atoms with Crippen molar-refractivity contribution in [2.24, 2.45) is 0 Å². The number of aromatic amines is 1. The highest BCUT2D eigenvalue weighted by atomic mass is 32.1. The molecule has 0 spiro atoms. The number of nitrogens with one attached hydrogen (secondary N) is 1. The van der Waals surface area contributed by atoms with Crippen LogP contribution in [-0.2, 0) is 16.2 Å². The van der Waals surface area contributed by atoms with Crippen molar-refractivity contribution in [2.45, 2.75) is 13.0 Å². The first-order valence-electron chi connectivity index (χ1n) is 10.3. The highest BCUT2D eigenvalue weighted by Gasteiger charge is 2.07. The SMILES string of the molecule is COc1cc(OCc2nccs2)ccc1/C=C/C(=O)CC(=O)/C=C/c1ccc2cc[nH]c2c1. The fraction of sp³-hybridized carbons (Fsp3) is 0.115. The van der Waals surface area contributed by atoms with E-state index in [4.69, 9.17) is 9.47 Å². The molecule has 0 saturated heterocycles. The normalized spacial score (nSPS) is 11.4. The Balaban J connectivity index is 1.33. The first-order chi connectivity index (χ1) is 16.1. The molecule has 0 radical (unpaired) electrons. The highest BCUT2D eigenvalue weighted by Crippen LogP contribution is 2.26. The fourth-order valence-corrected chi connectivity index (χ4v) is 3.75. The van der Waals surface area contributed by atoms with Gasteiger partial charge >= 0.3 is 0 Å². The lowest BCUT2D eigenvalue weighted by atomic mass is 10.1. The molecule has 0 aliphatic heterocycles. The van der Waals surface area contributed by atoms with Gasteiger partial charge in [-0.1, -0.05) is 18.2 Å². The van der Waals surface area contributed by atoms with Gasteiger partial charge in [0.05, 0.1) is 13.5 Å². The minimum atomic E-state index is -0.282. The Kier molecular flexibility index (Phi) is 7.12. The monoisotopic (exact) mass is 458 g/mol. The topological polar surface area (TPSA) is 81.3 Å². The van der Waals surface area contributed by atoms with E-state index < -0.39 is 0 Å². The third-order valence-corrected chi connectivity index (χ3v) is 5.64. The number of thiazole rings is 1. The van der Waals surface area contributed by atoms with Crippen LogP contribution in [0.4, 0.5) is 0 Å². The number of nitrogens with zero attached hydrogens (tertiary/aromatic N) is 1. The van der Waals surface area contributed by atoms with Gasteiger partial charge in [-0.2, -0.15) is 0 Å². The van der Waals surface area contributed by atoms with Crippen molar-refractivity contribution in [3.8, 4) is 11.5 Å². The number of benzene rings is 2. The number of ether oxygens (including phenoxy) is 2. The molecule has 0 aliphatic rings. The molecule has 7 heteroatoms. The molecule has 0 amide bonds. The smallest absolute Gasteiger partial charge is 0.163 e. The molecule has 4 rings (SSSR count). The molecular formula is C26H22N2O4S. The predicted octanol–water partition coefficient (Wildman–Crippen LogP) is 5.47. The van der Waals surface area contributed by atoms with Crippen LogP contribution < -0.4 is 9.47 Å². The van der Waals surface area contributed by atoms with Gasteiger partial charge < -0.3 is 14.5 Å². The van der Waals surface area contributed by atoms with Gasteiger partial charge in [0.2, 0.25) is 0 Å². The number of rotatable bonds is 10. The zero-order valence-electron chi connectivity index (χ0n) is 18.0. The number of carbonyl (C=O) groups excluding carboxylic acids is 2. The summed E-state index contributed by atoms with van der Waals surface area (Å²) in [6, 6.07) is 13.2. The highest BCUT2D eigenvalue weighted by molar-refractivity contribution is 7.09. The summed E-state index contributed by atoms with van der Waals surface area (Å²) in [5.41, 5.74) is 2.61. The number of hydrogen-bond acceptors (Lipinski definition) is 6. The molecule has 0 unspecified atom stereocenters. The van der Waals surface area contributed by atoms with E-state index in [-0.39, 0.29) is 18.0 Å². The zero-order chi connectivity index (χ0) is 23.0. The summed E-state index contributed by atoms with van der Waals surface area (Å²) >= 11 is 1.52. The van der Waals surface area contributed by atoms with E-state index in [0.29, 0.717) is 18.1 Å². The number of allylic oxidation sites excluding steroid dienone is 2. The van der Waals surface area contributed by atoms with Gasteiger partial charge in [0.15, 0.2) is 11.6 Å². The number of H-pyrrole nitrogens is 1. The van der Waals surface area contributed by atoms with Gasteiger partial charge in [0.1, 0.15) is 23.1 Å². The van der Waals surface area contributed by atoms with Crippen molar-refractivity contribution in [3.05, 3.63) is 88.5 Å². The van der Waals surface area contributed by atoms with Gasteiger partial charge in [-0.25, -0.2) is 4.98 Å². The van der Waals surface area contributed by atoms with Crippen LogP contribution in [0.2, 0.25) is 0 Å². The average Bonchev–Trinajstić information content (AvgIpc) is 3.52. The first kappa shape index (κ1) is 22.2. The van der Waals surface area contributed by atoms with Crippen LogP contribution in [0.1, 0.15) is 22.6 Å². The Morgan fingerprint density at radius 2 is 1.91 bits per heavy atom. The van der Waals surface area contributed by atoms with Crippen LogP contribution in [0.25, 0.3) is 23.1 Å². The average molecular weight is 459 g/mol. The summed E-state index contributed by atoms with van der Waals surface area (Å²) in [6.07, 6.45) is 9.59. The second-order valence-electron chi connectivity index (χ2n) is 7.22. The van der Waals surface area contributed by atoms with Crippen molar-refractivity contribution in [1.29, 1.82) is 0 Å². The quantitative estimate of drug-likeness (QED) is 0.252. The number of ketones is 2. The van der Waals surface area contributed by atoms with Gasteiger partial charge in [0.25, 0.3) is 0 Å². The molecule has 0 saturated carbocycles. The van der Waals surface area contributed by atoms with Crippen molar-refractivity contribution >= 4 is 46.0 Å². The standard InChI is InChI=1S/C26H22N2O4S/c1-31-25-16-23(32-17-26-28-12-13-33-26)9-6-20(25)5-8-22(30)15-21(29)7-3-18-2-4-19-10-11-27-24(19)14-18/h2-14,16,27H,15,17H2,1H3/b7-3+,8-5+. The zero-order valence-corrected chi connectivity index (χ0v) is 18.8. The third kappa shape index (κ3) is 6.05. The lowest BCUT2D eigenvalue weighted by Crippen LogP contribution is -2.02. The van der Waals surface area contributed by atoms with Gasteiger partial charge in [0, 0.05) is 34.9 Å². The van der Waals surface area contributed by atoms with Crippen molar-refractivity contribution in [3.63, 3.8) is 0 Å².